The van der Waals surface area contributed by atoms with E-state index in [9.17, 15) is 0 Å². The minimum absolute atomic E-state index is 1.06. The molecule has 0 N–H and O–H groups in total. The molecule has 0 radical (unpaired) electrons. The van der Waals surface area contributed by atoms with Crippen LogP contribution in [-0.2, 0) is 0 Å². The van der Waals surface area contributed by atoms with Gasteiger partial charge in [0.1, 0.15) is 0 Å². The summed E-state index contributed by atoms with van der Waals surface area (Å²) in [6.07, 6.45) is 14.6. The molecule has 1 heteroatoms. The van der Waals surface area contributed by atoms with Crippen molar-refractivity contribution in [3.05, 3.63) is 11.3 Å². The molecule has 0 fully saturated rings. The van der Waals surface area contributed by atoms with Crippen molar-refractivity contribution in [2.24, 2.45) is 0 Å². The fraction of sp³-hybridized carbons (Fsp3) is 0.700. The Hall–Kier alpha value is -0.923. The van der Waals surface area contributed by atoms with Gasteiger partial charge in [-0.15, -0.1) is 22.9 Å². The summed E-state index contributed by atoms with van der Waals surface area (Å²) in [5, 5.41) is 1.65. The molecule has 0 saturated heterocycles. The molecule has 1 aliphatic rings. The highest BCUT2D eigenvalue weighted by Gasteiger charge is 2.36. The van der Waals surface area contributed by atoms with E-state index >= 15 is 0 Å². The topological polar surface area (TPSA) is 0 Å². The Morgan fingerprint density at radius 3 is 2.00 bits per heavy atom. The highest BCUT2D eigenvalue weighted by atomic mass is 28.3. The Morgan fingerprint density at radius 2 is 1.48 bits per heavy atom. The minimum Gasteiger partial charge on any atom is -0.110 e. The van der Waals surface area contributed by atoms with Crippen molar-refractivity contribution in [1.29, 1.82) is 0 Å². The minimum atomic E-state index is -1.76. The predicted octanol–water partition coefficient (Wildman–Crippen LogP) is 5.96. The monoisotopic (exact) mass is 300 g/mol. The highest BCUT2D eigenvalue weighted by Crippen LogP contribution is 2.32. The summed E-state index contributed by atoms with van der Waals surface area (Å²) < 4.78 is 0. The Kier molecular flexibility index (Phi) is 9.28. The quantitative estimate of drug-likeness (QED) is 0.309. The first-order valence-corrected chi connectivity index (χ1v) is 11.2. The van der Waals surface area contributed by atoms with E-state index in [-0.39, 0.29) is 0 Å². The average molecular weight is 301 g/mol. The van der Waals surface area contributed by atoms with Crippen LogP contribution in [-0.4, -0.2) is 8.07 Å². The van der Waals surface area contributed by atoms with E-state index in [1.54, 1.807) is 5.20 Å². The lowest BCUT2D eigenvalue weighted by molar-refractivity contribution is 0.805. The molecule has 0 amide bonds. The molecule has 0 spiro atoms. The van der Waals surface area contributed by atoms with Crippen molar-refractivity contribution in [2.75, 3.05) is 0 Å². The number of allylic oxidation sites excluding steroid dienone is 2. The first-order chi connectivity index (χ1) is 10.3. The van der Waals surface area contributed by atoms with E-state index in [0.717, 1.165) is 12.8 Å². The van der Waals surface area contributed by atoms with Crippen LogP contribution in [0.25, 0.3) is 0 Å². The van der Waals surface area contributed by atoms with E-state index in [0.29, 0.717) is 0 Å². The van der Waals surface area contributed by atoms with Gasteiger partial charge >= 0.3 is 0 Å². The first kappa shape index (κ1) is 18.1. The molecule has 0 bridgehead atoms. The zero-order valence-electron chi connectivity index (χ0n) is 14.4. The van der Waals surface area contributed by atoms with E-state index in [2.05, 4.69) is 49.8 Å². The second kappa shape index (κ2) is 10.8. The second-order valence-corrected chi connectivity index (χ2v) is 9.54. The van der Waals surface area contributed by atoms with Gasteiger partial charge in [-0.2, -0.15) is 0 Å². The van der Waals surface area contributed by atoms with Crippen LogP contribution >= 0.6 is 0 Å². The summed E-state index contributed by atoms with van der Waals surface area (Å²) >= 11 is 0. The molecule has 0 aromatic carbocycles. The van der Waals surface area contributed by atoms with Gasteiger partial charge in [-0.25, -0.2) is 0 Å². The number of hydrogen-bond acceptors (Lipinski definition) is 0. The van der Waals surface area contributed by atoms with Gasteiger partial charge in [0.15, 0.2) is 0 Å². The zero-order valence-corrected chi connectivity index (χ0v) is 15.4. The Balaban J connectivity index is 2.84. The standard InChI is InChI=1S/C20H32Si/c1-4-7-10-12-17-21(18-13-11-8-5-2)19-14-16-20(21)15-9-6-3/h16H,4-11,14-15,19H2,1-3H3. The van der Waals surface area contributed by atoms with Crippen LogP contribution < -0.4 is 0 Å². The molecular weight excluding hydrogens is 268 g/mol. The molecule has 1 aliphatic heterocycles. The Morgan fingerprint density at radius 1 is 0.905 bits per heavy atom. The second-order valence-electron chi connectivity index (χ2n) is 6.09. The Labute approximate surface area is 133 Å². The van der Waals surface area contributed by atoms with Crippen molar-refractivity contribution in [1.82, 2.24) is 0 Å². The van der Waals surface area contributed by atoms with Gasteiger partial charge in [-0.1, -0.05) is 57.7 Å². The normalized spacial score (nSPS) is 15.7. The third-order valence-corrected chi connectivity index (χ3v) is 7.97. The maximum atomic E-state index is 3.71. The van der Waals surface area contributed by atoms with E-state index < -0.39 is 8.07 Å². The van der Waals surface area contributed by atoms with Gasteiger partial charge in [0.05, 0.1) is 0 Å². The van der Waals surface area contributed by atoms with Crippen molar-refractivity contribution in [3.8, 4) is 22.9 Å². The molecule has 0 aliphatic carbocycles. The molecule has 0 unspecified atom stereocenters. The molecule has 0 aromatic rings. The zero-order chi connectivity index (χ0) is 15.4. The van der Waals surface area contributed by atoms with Gasteiger partial charge < -0.3 is 0 Å². The van der Waals surface area contributed by atoms with Gasteiger partial charge in [0.2, 0.25) is 8.07 Å². The van der Waals surface area contributed by atoms with Crippen molar-refractivity contribution in [2.45, 2.75) is 91.0 Å². The maximum Gasteiger partial charge on any atom is 0.242 e. The number of unbranched alkanes of at least 4 members (excludes halogenated alkanes) is 5. The van der Waals surface area contributed by atoms with E-state index in [1.165, 1.54) is 57.4 Å². The molecule has 1 heterocycles. The van der Waals surface area contributed by atoms with Crippen LogP contribution in [0.3, 0.4) is 0 Å². The molecule has 1 rings (SSSR count). The van der Waals surface area contributed by atoms with Crippen LogP contribution in [0.15, 0.2) is 11.3 Å². The summed E-state index contributed by atoms with van der Waals surface area (Å²) in [7, 11) is -1.76. The molecule has 0 aromatic heterocycles. The fourth-order valence-corrected chi connectivity index (χ4v) is 6.24. The van der Waals surface area contributed by atoms with E-state index in [4.69, 9.17) is 0 Å². The van der Waals surface area contributed by atoms with Crippen LogP contribution in [0.5, 0.6) is 0 Å². The van der Waals surface area contributed by atoms with Crippen LogP contribution in [0.1, 0.15) is 85.0 Å². The highest BCUT2D eigenvalue weighted by molar-refractivity contribution is 7.00. The van der Waals surface area contributed by atoms with Gasteiger partial charge in [-0.05, 0) is 31.7 Å². The lowest BCUT2D eigenvalue weighted by Crippen LogP contribution is -2.31. The smallest absolute Gasteiger partial charge is 0.110 e. The molecule has 0 nitrogen and oxygen atoms in total. The van der Waals surface area contributed by atoms with Gasteiger partial charge in [0.25, 0.3) is 0 Å². The summed E-state index contributed by atoms with van der Waals surface area (Å²) in [5.41, 5.74) is 7.43. The fourth-order valence-electron chi connectivity index (χ4n) is 2.75. The molecule has 116 valence electrons. The molecule has 0 saturated carbocycles. The Bertz CT molecular complexity index is 410. The van der Waals surface area contributed by atoms with Gasteiger partial charge in [-0.3, -0.25) is 0 Å². The third-order valence-electron chi connectivity index (χ3n) is 4.17. The van der Waals surface area contributed by atoms with Crippen LogP contribution in [0, 0.1) is 22.9 Å². The summed E-state index contributed by atoms with van der Waals surface area (Å²) in [6.45, 7) is 6.75. The van der Waals surface area contributed by atoms with Crippen LogP contribution in [0.4, 0.5) is 0 Å². The van der Waals surface area contributed by atoms with E-state index in [1.807, 2.05) is 0 Å². The van der Waals surface area contributed by atoms with Crippen molar-refractivity contribution >= 4 is 8.07 Å². The summed E-state index contributed by atoms with van der Waals surface area (Å²) in [5.74, 6) is 6.97. The molecular formula is C20H32Si. The maximum absolute atomic E-state index is 3.71. The molecule has 21 heavy (non-hydrogen) atoms. The van der Waals surface area contributed by atoms with Gasteiger partial charge in [0, 0.05) is 12.8 Å². The predicted molar refractivity (Wildman–Crippen MR) is 97.4 cm³/mol. The summed E-state index contributed by atoms with van der Waals surface area (Å²) in [6, 6.07) is 1.25. The number of hydrogen-bond donors (Lipinski definition) is 0. The lowest BCUT2D eigenvalue weighted by Gasteiger charge is -2.18. The average Bonchev–Trinajstić information content (AvgIpc) is 2.89. The first-order valence-electron chi connectivity index (χ1n) is 8.98. The summed E-state index contributed by atoms with van der Waals surface area (Å²) in [4.78, 5) is 0. The SMILES string of the molecule is CCCCC#C[Si]1(C#CCCCC)CCC=C1CCCC. The van der Waals surface area contributed by atoms with Crippen LogP contribution in [0.2, 0.25) is 6.04 Å². The largest absolute Gasteiger partial charge is 0.242 e. The lowest BCUT2D eigenvalue weighted by atomic mass is 10.2. The number of rotatable bonds is 7. The van der Waals surface area contributed by atoms with Crippen molar-refractivity contribution < 1.29 is 0 Å². The van der Waals surface area contributed by atoms with Crippen molar-refractivity contribution in [3.63, 3.8) is 0 Å². The molecule has 0 atom stereocenters. The third kappa shape index (κ3) is 6.15.